The molecule has 3 nitrogen and oxygen atoms in total. The van der Waals surface area contributed by atoms with E-state index in [0.717, 1.165) is 42.5 Å². The van der Waals surface area contributed by atoms with Crippen LogP contribution in [0.1, 0.15) is 61.6 Å². The quantitative estimate of drug-likeness (QED) is 0.703. The molecule has 22 heavy (non-hydrogen) atoms. The molecule has 0 N–H and O–H groups in total. The predicted molar refractivity (Wildman–Crippen MR) is 90.8 cm³/mol. The summed E-state index contributed by atoms with van der Waals surface area (Å²) in [5.41, 5.74) is 4.31. The summed E-state index contributed by atoms with van der Waals surface area (Å²) in [4.78, 5) is 18.8. The van der Waals surface area contributed by atoms with Crippen molar-refractivity contribution in [3.05, 3.63) is 52.9 Å². The van der Waals surface area contributed by atoms with Gasteiger partial charge in [-0.2, -0.15) is 0 Å². The maximum absolute atomic E-state index is 12.5. The zero-order chi connectivity index (χ0) is 15.9. The minimum atomic E-state index is 0.134. The van der Waals surface area contributed by atoms with E-state index in [0.29, 0.717) is 13.1 Å². The Morgan fingerprint density at radius 3 is 2.91 bits per heavy atom. The molecule has 0 saturated carbocycles. The lowest BCUT2D eigenvalue weighted by molar-refractivity contribution is 0.0796. The number of pyridine rings is 1. The summed E-state index contributed by atoms with van der Waals surface area (Å²) in [7, 11) is 0. The summed E-state index contributed by atoms with van der Waals surface area (Å²) in [6.45, 7) is 7.78. The predicted octanol–water partition coefficient (Wildman–Crippen LogP) is 4.29. The first kappa shape index (κ1) is 16.5. The number of hydrogen-bond donors (Lipinski definition) is 0. The van der Waals surface area contributed by atoms with Crippen LogP contribution >= 0.6 is 0 Å². The molecule has 0 aliphatic carbocycles. The maximum atomic E-state index is 12.5. The number of hydrogen-bond acceptors (Lipinski definition) is 2. The first-order valence-corrected chi connectivity index (χ1v) is 8.26. The van der Waals surface area contributed by atoms with Crippen molar-refractivity contribution >= 4 is 5.91 Å². The van der Waals surface area contributed by atoms with Gasteiger partial charge in [0.15, 0.2) is 0 Å². The summed E-state index contributed by atoms with van der Waals surface area (Å²) in [6.07, 6.45) is 12.5. The number of unbranched alkanes of at least 4 members (excludes halogenated alkanes) is 1. The summed E-state index contributed by atoms with van der Waals surface area (Å²) in [6, 6.07) is 1.85. The molecular weight excluding hydrogens is 272 g/mol. The fourth-order valence-electron chi connectivity index (χ4n) is 2.75. The Labute approximate surface area is 133 Å². The van der Waals surface area contributed by atoms with Gasteiger partial charge in [-0.05, 0) is 25.8 Å². The maximum Gasteiger partial charge on any atom is 0.254 e. The van der Waals surface area contributed by atoms with E-state index in [9.17, 15) is 4.79 Å². The van der Waals surface area contributed by atoms with Crippen LogP contribution in [0.15, 0.2) is 36.1 Å². The van der Waals surface area contributed by atoms with Gasteiger partial charge in [-0.25, -0.2) is 0 Å². The number of carbonyl (C=O) groups excluding carboxylic acids is 1. The van der Waals surface area contributed by atoms with Crippen LogP contribution in [-0.2, 0) is 13.0 Å². The molecule has 1 aliphatic heterocycles. The fourth-order valence-corrected chi connectivity index (χ4v) is 2.75. The van der Waals surface area contributed by atoms with Gasteiger partial charge in [-0.3, -0.25) is 9.78 Å². The zero-order valence-electron chi connectivity index (χ0n) is 13.9. The minimum absolute atomic E-state index is 0.134. The molecule has 0 aromatic carbocycles. The van der Waals surface area contributed by atoms with Gasteiger partial charge in [0.2, 0.25) is 0 Å². The highest BCUT2D eigenvalue weighted by Gasteiger charge is 2.28. The molecule has 2 heterocycles. The van der Waals surface area contributed by atoms with Crippen molar-refractivity contribution in [2.75, 3.05) is 6.54 Å². The lowest BCUT2D eigenvalue weighted by atomic mass is 10.1. The normalized spacial score (nSPS) is 15.0. The largest absolute Gasteiger partial charge is 0.330 e. The molecule has 1 aromatic heterocycles. The third-order valence-corrected chi connectivity index (χ3v) is 3.96. The lowest BCUT2D eigenvalue weighted by Gasteiger charge is -2.12. The number of nitrogens with zero attached hydrogens (tertiary/aromatic N) is 2. The van der Waals surface area contributed by atoms with Crippen LogP contribution in [0.2, 0.25) is 0 Å². The highest BCUT2D eigenvalue weighted by Crippen LogP contribution is 2.25. The van der Waals surface area contributed by atoms with E-state index >= 15 is 0 Å². The molecule has 0 unspecified atom stereocenters. The molecule has 1 aliphatic rings. The first-order chi connectivity index (χ1) is 10.7. The zero-order valence-corrected chi connectivity index (χ0v) is 13.9. The van der Waals surface area contributed by atoms with E-state index in [2.05, 4.69) is 44.0 Å². The average molecular weight is 298 g/mol. The number of amides is 1. The Hall–Kier alpha value is -1.90. The standard InChI is InChI=1S/C19H26N2O/c1-4-6-9-15(3)10-7-13-21-14-17-16(19(21)22)11-12-20-18(17)8-5-2/h7,9-12H,4-6,8,13-14H2,1-3H3/b10-7+,15-9+. The van der Waals surface area contributed by atoms with Crippen molar-refractivity contribution < 1.29 is 4.79 Å². The van der Waals surface area contributed by atoms with Gasteiger partial charge in [0.05, 0.1) is 0 Å². The highest BCUT2D eigenvalue weighted by atomic mass is 16.2. The molecule has 0 fully saturated rings. The van der Waals surface area contributed by atoms with Crippen molar-refractivity contribution in [1.29, 1.82) is 0 Å². The first-order valence-electron chi connectivity index (χ1n) is 8.26. The molecule has 1 aromatic rings. The molecule has 0 atom stereocenters. The second-order valence-corrected chi connectivity index (χ2v) is 5.86. The van der Waals surface area contributed by atoms with Gasteiger partial charge in [-0.15, -0.1) is 0 Å². The number of fused-ring (bicyclic) bond motifs is 1. The monoisotopic (exact) mass is 298 g/mol. The Bertz CT molecular complexity index is 587. The molecule has 3 heteroatoms. The minimum Gasteiger partial charge on any atom is -0.330 e. The van der Waals surface area contributed by atoms with Crippen molar-refractivity contribution in [3.63, 3.8) is 0 Å². The number of carbonyl (C=O) groups is 1. The van der Waals surface area contributed by atoms with E-state index in [1.165, 1.54) is 5.57 Å². The summed E-state index contributed by atoms with van der Waals surface area (Å²) >= 11 is 0. The Kier molecular flexibility index (Phi) is 5.93. The van der Waals surface area contributed by atoms with Crippen LogP contribution in [0.3, 0.4) is 0 Å². The van der Waals surface area contributed by atoms with Gasteiger partial charge < -0.3 is 4.90 Å². The molecule has 1 amide bonds. The molecule has 0 radical (unpaired) electrons. The fraction of sp³-hybridized carbons (Fsp3) is 0.474. The van der Waals surface area contributed by atoms with E-state index in [4.69, 9.17) is 0 Å². The Morgan fingerprint density at radius 2 is 2.18 bits per heavy atom. The van der Waals surface area contributed by atoms with Crippen LogP contribution in [0.5, 0.6) is 0 Å². The molecular formula is C19H26N2O. The van der Waals surface area contributed by atoms with Gasteiger partial charge >= 0.3 is 0 Å². The molecule has 0 bridgehead atoms. The van der Waals surface area contributed by atoms with Gasteiger partial charge in [-0.1, -0.05) is 50.5 Å². The summed E-state index contributed by atoms with van der Waals surface area (Å²) < 4.78 is 0. The smallest absolute Gasteiger partial charge is 0.254 e. The van der Waals surface area contributed by atoms with Crippen molar-refractivity contribution in [3.8, 4) is 0 Å². The molecule has 0 saturated heterocycles. The van der Waals surface area contributed by atoms with Crippen LogP contribution in [-0.4, -0.2) is 22.3 Å². The van der Waals surface area contributed by atoms with Crippen molar-refractivity contribution in [2.24, 2.45) is 0 Å². The highest BCUT2D eigenvalue weighted by molar-refractivity contribution is 5.98. The van der Waals surface area contributed by atoms with Crippen LogP contribution in [0.25, 0.3) is 0 Å². The van der Waals surface area contributed by atoms with E-state index in [1.54, 1.807) is 6.20 Å². The average Bonchev–Trinajstić information content (AvgIpc) is 2.84. The Morgan fingerprint density at radius 1 is 1.36 bits per heavy atom. The number of allylic oxidation sites excluding steroid dienone is 3. The van der Waals surface area contributed by atoms with E-state index in [1.807, 2.05) is 11.0 Å². The third kappa shape index (κ3) is 3.85. The number of aryl methyl sites for hydroxylation is 1. The SMILES string of the molecule is CCC/C=C(C)/C=C/CN1Cc2c(ccnc2CCC)C1=O. The lowest BCUT2D eigenvalue weighted by Crippen LogP contribution is -2.23. The van der Waals surface area contributed by atoms with Crippen LogP contribution < -0.4 is 0 Å². The second-order valence-electron chi connectivity index (χ2n) is 5.86. The van der Waals surface area contributed by atoms with Crippen LogP contribution in [0.4, 0.5) is 0 Å². The van der Waals surface area contributed by atoms with Gasteiger partial charge in [0.1, 0.15) is 0 Å². The van der Waals surface area contributed by atoms with Crippen molar-refractivity contribution in [2.45, 2.75) is 53.0 Å². The van der Waals surface area contributed by atoms with Crippen molar-refractivity contribution in [1.82, 2.24) is 9.88 Å². The molecule has 0 spiro atoms. The molecule has 2 rings (SSSR count). The van der Waals surface area contributed by atoms with E-state index < -0.39 is 0 Å². The second kappa shape index (κ2) is 7.92. The number of aromatic nitrogens is 1. The van der Waals surface area contributed by atoms with Gasteiger partial charge in [0, 0.05) is 36.1 Å². The number of rotatable bonds is 7. The van der Waals surface area contributed by atoms with Gasteiger partial charge in [0.25, 0.3) is 5.91 Å². The molecule has 118 valence electrons. The summed E-state index contributed by atoms with van der Waals surface area (Å²) in [5, 5.41) is 0. The third-order valence-electron chi connectivity index (χ3n) is 3.96. The van der Waals surface area contributed by atoms with Crippen LogP contribution in [0, 0.1) is 0 Å². The topological polar surface area (TPSA) is 33.2 Å². The Balaban J connectivity index is 2.03. The summed E-state index contributed by atoms with van der Waals surface area (Å²) in [5.74, 6) is 0.134. The van der Waals surface area contributed by atoms with E-state index in [-0.39, 0.29) is 5.91 Å².